The summed E-state index contributed by atoms with van der Waals surface area (Å²) in [6.07, 6.45) is 4.13. The largest absolute Gasteiger partial charge is 0.497 e. The van der Waals surface area contributed by atoms with Crippen LogP contribution in [-0.2, 0) is 9.53 Å². The van der Waals surface area contributed by atoms with Crippen molar-refractivity contribution in [1.82, 2.24) is 15.0 Å². The van der Waals surface area contributed by atoms with Crippen LogP contribution in [0.4, 0.5) is 4.79 Å². The topological polar surface area (TPSA) is 89.9 Å². The lowest BCUT2D eigenvalue weighted by atomic mass is 10.1. The predicted molar refractivity (Wildman–Crippen MR) is 135 cm³/mol. The highest BCUT2D eigenvalue weighted by atomic mass is 16.6. The number of ether oxygens (including phenoxy) is 2. The Labute approximate surface area is 205 Å². The number of nitrogens with zero attached hydrogens (tertiary/aromatic N) is 2. The maximum absolute atomic E-state index is 13.0. The first-order valence-corrected chi connectivity index (χ1v) is 11.3. The van der Waals surface area contributed by atoms with Gasteiger partial charge in [-0.3, -0.25) is 19.6 Å². The Kier molecular flexibility index (Phi) is 7.64. The molecule has 0 fully saturated rings. The molecule has 0 aliphatic heterocycles. The Bertz CT molecular complexity index is 1250. The van der Waals surface area contributed by atoms with Crippen molar-refractivity contribution in [3.05, 3.63) is 71.9 Å². The zero-order valence-corrected chi connectivity index (χ0v) is 20.9. The van der Waals surface area contributed by atoms with Crippen LogP contribution in [0.2, 0.25) is 0 Å². The maximum atomic E-state index is 13.0. The normalized spacial score (nSPS) is 11.6. The average Bonchev–Trinajstić information content (AvgIpc) is 3.18. The molecule has 0 spiro atoms. The van der Waals surface area contributed by atoms with Crippen LogP contribution in [0.25, 0.3) is 17.0 Å². The molecular weight excluding hydrogens is 446 g/mol. The maximum Gasteiger partial charge on any atom is 0.419 e. The van der Waals surface area contributed by atoms with Crippen molar-refractivity contribution in [2.75, 3.05) is 7.11 Å². The summed E-state index contributed by atoms with van der Waals surface area (Å²) in [5, 5.41) is 2.05. The molecule has 3 rings (SSSR count). The number of hydrazine groups is 1. The van der Waals surface area contributed by atoms with Gasteiger partial charge in [0.15, 0.2) is 0 Å². The Morgan fingerprint density at radius 1 is 1.03 bits per heavy atom. The van der Waals surface area contributed by atoms with Crippen LogP contribution >= 0.6 is 0 Å². The van der Waals surface area contributed by atoms with Gasteiger partial charge in [-0.25, -0.2) is 9.80 Å². The molecule has 184 valence electrons. The van der Waals surface area contributed by atoms with E-state index in [2.05, 4.69) is 5.43 Å². The lowest BCUT2D eigenvalue weighted by Crippen LogP contribution is -2.49. The van der Waals surface area contributed by atoms with Gasteiger partial charge in [-0.05, 0) is 71.0 Å². The molecule has 0 bridgehead atoms. The van der Waals surface area contributed by atoms with Gasteiger partial charge in [-0.15, -0.1) is 0 Å². The summed E-state index contributed by atoms with van der Waals surface area (Å²) in [6.45, 7) is 9.01. The molecule has 2 amide bonds. The van der Waals surface area contributed by atoms with Gasteiger partial charge in [0, 0.05) is 34.8 Å². The number of hydrogen-bond donors (Lipinski definition) is 1. The fourth-order valence-corrected chi connectivity index (χ4v) is 3.40. The number of methoxy groups -OCH3 is 1. The van der Waals surface area contributed by atoms with Crippen LogP contribution < -0.4 is 10.2 Å². The summed E-state index contributed by atoms with van der Waals surface area (Å²) in [6, 6.07) is 13.7. The number of benzene rings is 2. The van der Waals surface area contributed by atoms with E-state index in [1.165, 1.54) is 15.7 Å². The molecular formula is C27H31N3O5. The first kappa shape index (κ1) is 25.6. The Morgan fingerprint density at radius 2 is 1.69 bits per heavy atom. The second-order valence-electron chi connectivity index (χ2n) is 9.26. The Hall–Kier alpha value is -4.07. The highest BCUT2D eigenvalue weighted by Gasteiger charge is 2.21. The van der Waals surface area contributed by atoms with Crippen molar-refractivity contribution < 1.29 is 23.9 Å². The van der Waals surface area contributed by atoms with E-state index in [1.54, 1.807) is 78.3 Å². The number of para-hydroxylation sites is 1. The summed E-state index contributed by atoms with van der Waals surface area (Å²) >= 11 is 0. The number of rotatable bonds is 5. The van der Waals surface area contributed by atoms with E-state index in [0.717, 1.165) is 5.39 Å². The smallest absolute Gasteiger partial charge is 0.419 e. The molecule has 1 heterocycles. The molecule has 0 saturated carbocycles. The third-order valence-electron chi connectivity index (χ3n) is 5.07. The molecule has 0 atom stereocenters. The third kappa shape index (κ3) is 6.29. The zero-order valence-electron chi connectivity index (χ0n) is 20.9. The molecule has 1 N–H and O–H groups in total. The van der Waals surface area contributed by atoms with Gasteiger partial charge in [0.25, 0.3) is 11.8 Å². The van der Waals surface area contributed by atoms with Crippen LogP contribution in [0.5, 0.6) is 5.75 Å². The average molecular weight is 478 g/mol. The zero-order chi connectivity index (χ0) is 25.8. The number of carbonyl (C=O) groups excluding carboxylic acids is 3. The second kappa shape index (κ2) is 10.5. The summed E-state index contributed by atoms with van der Waals surface area (Å²) in [5.74, 6) is -0.188. The van der Waals surface area contributed by atoms with Gasteiger partial charge >= 0.3 is 6.09 Å². The van der Waals surface area contributed by atoms with Gasteiger partial charge < -0.3 is 9.47 Å². The molecule has 0 unspecified atom stereocenters. The van der Waals surface area contributed by atoms with Crippen molar-refractivity contribution in [3.8, 4) is 5.75 Å². The molecule has 35 heavy (non-hydrogen) atoms. The number of carbonyl (C=O) groups is 3. The molecule has 0 aliphatic rings. The van der Waals surface area contributed by atoms with Gasteiger partial charge in [-0.1, -0.05) is 18.2 Å². The SMILES string of the molecule is COc1ccc(C(=O)NN(C(=O)C=Cc2cn(C(=O)OC(C)(C)C)c3ccccc23)C(C)C)cc1. The predicted octanol–water partition coefficient (Wildman–Crippen LogP) is 5.03. The molecule has 8 nitrogen and oxygen atoms in total. The second-order valence-corrected chi connectivity index (χ2v) is 9.26. The lowest BCUT2D eigenvalue weighted by Gasteiger charge is -2.26. The van der Waals surface area contributed by atoms with E-state index in [0.29, 0.717) is 22.4 Å². The van der Waals surface area contributed by atoms with Crippen LogP contribution in [0.1, 0.15) is 50.5 Å². The number of nitrogens with one attached hydrogen (secondary N) is 1. The van der Waals surface area contributed by atoms with Crippen molar-refractivity contribution in [1.29, 1.82) is 0 Å². The number of fused-ring (bicyclic) bond motifs is 1. The van der Waals surface area contributed by atoms with Crippen molar-refractivity contribution >= 4 is 34.9 Å². The van der Waals surface area contributed by atoms with E-state index < -0.39 is 23.5 Å². The Morgan fingerprint density at radius 3 is 2.29 bits per heavy atom. The molecule has 1 aromatic heterocycles. The van der Waals surface area contributed by atoms with Crippen LogP contribution in [0.15, 0.2) is 60.8 Å². The van der Waals surface area contributed by atoms with E-state index in [4.69, 9.17) is 9.47 Å². The summed E-state index contributed by atoms with van der Waals surface area (Å²) in [4.78, 5) is 38.4. The molecule has 0 saturated heterocycles. The van der Waals surface area contributed by atoms with Crippen LogP contribution in [-0.4, -0.2) is 46.2 Å². The quantitative estimate of drug-likeness (QED) is 0.411. The monoisotopic (exact) mass is 477 g/mol. The van der Waals surface area contributed by atoms with Gasteiger partial charge in [0.1, 0.15) is 11.4 Å². The van der Waals surface area contributed by atoms with Crippen LogP contribution in [0, 0.1) is 0 Å². The summed E-state index contributed by atoms with van der Waals surface area (Å²) < 4.78 is 12.1. The summed E-state index contributed by atoms with van der Waals surface area (Å²) in [7, 11) is 1.55. The molecule has 8 heteroatoms. The highest BCUT2D eigenvalue weighted by Crippen LogP contribution is 2.24. The molecule has 3 aromatic rings. The van der Waals surface area contributed by atoms with E-state index in [-0.39, 0.29) is 6.04 Å². The first-order valence-electron chi connectivity index (χ1n) is 11.3. The molecule has 0 radical (unpaired) electrons. The molecule has 2 aromatic carbocycles. The fourth-order valence-electron chi connectivity index (χ4n) is 3.40. The van der Waals surface area contributed by atoms with E-state index >= 15 is 0 Å². The molecule has 0 aliphatic carbocycles. The summed E-state index contributed by atoms with van der Waals surface area (Å²) in [5.41, 5.74) is 3.76. The number of amides is 2. The van der Waals surface area contributed by atoms with Gasteiger partial charge in [0.2, 0.25) is 0 Å². The van der Waals surface area contributed by atoms with Crippen molar-refractivity contribution in [2.45, 2.75) is 46.3 Å². The van der Waals surface area contributed by atoms with Gasteiger partial charge in [0.05, 0.1) is 12.6 Å². The highest BCUT2D eigenvalue weighted by molar-refractivity contribution is 6.01. The fraction of sp³-hybridized carbons (Fsp3) is 0.296. The third-order valence-corrected chi connectivity index (χ3v) is 5.07. The van der Waals surface area contributed by atoms with Crippen molar-refractivity contribution in [2.24, 2.45) is 0 Å². The minimum Gasteiger partial charge on any atom is -0.497 e. The minimum absolute atomic E-state index is 0.294. The minimum atomic E-state index is -0.645. The van der Waals surface area contributed by atoms with E-state index in [9.17, 15) is 14.4 Å². The van der Waals surface area contributed by atoms with Crippen molar-refractivity contribution in [3.63, 3.8) is 0 Å². The Balaban J connectivity index is 1.83. The first-order chi connectivity index (χ1) is 16.5. The van der Waals surface area contributed by atoms with E-state index in [1.807, 2.05) is 24.3 Å². The van der Waals surface area contributed by atoms with Crippen LogP contribution in [0.3, 0.4) is 0 Å². The lowest BCUT2D eigenvalue weighted by molar-refractivity contribution is -0.130. The standard InChI is InChI=1S/C27H31N3O5/c1-18(2)30(28-25(32)19-11-14-21(34-6)15-12-19)24(31)16-13-20-17-29(26(33)35-27(3,4)5)23-10-8-7-9-22(20)23/h7-18H,1-6H3,(H,28,32). The number of aromatic nitrogens is 1. The number of hydrogen-bond acceptors (Lipinski definition) is 5. The van der Waals surface area contributed by atoms with Gasteiger partial charge in [-0.2, -0.15) is 0 Å².